The first kappa shape index (κ1) is 12.5. The van der Waals surface area contributed by atoms with Gasteiger partial charge < -0.3 is 10.1 Å². The molecule has 90 valence electrons. The fraction of sp³-hybridized carbons (Fsp3) is 0.417. The number of fused-ring (bicyclic) bond motifs is 1. The van der Waals surface area contributed by atoms with E-state index in [9.17, 15) is 0 Å². The Labute approximate surface area is 110 Å². The lowest BCUT2D eigenvalue weighted by Crippen LogP contribution is -2.27. The van der Waals surface area contributed by atoms with Crippen LogP contribution in [0.25, 0.3) is 0 Å². The Morgan fingerprint density at radius 3 is 3.06 bits per heavy atom. The van der Waals surface area contributed by atoms with E-state index in [1.807, 2.05) is 6.07 Å². The third-order valence-electron chi connectivity index (χ3n) is 2.69. The smallest absolute Gasteiger partial charge is 0.142 e. The van der Waals surface area contributed by atoms with Crippen molar-refractivity contribution in [3.8, 4) is 11.8 Å². The topological polar surface area (TPSA) is 45.0 Å². The van der Waals surface area contributed by atoms with Crippen molar-refractivity contribution >= 4 is 23.2 Å². The number of rotatable bonds is 3. The Bertz CT molecular complexity index is 457. The largest absolute Gasteiger partial charge is 0.492 e. The van der Waals surface area contributed by atoms with Gasteiger partial charge in [0.15, 0.2) is 0 Å². The lowest BCUT2D eigenvalue weighted by molar-refractivity contribution is 0.253. The van der Waals surface area contributed by atoms with Gasteiger partial charge in [-0.3, -0.25) is 0 Å². The van der Waals surface area contributed by atoms with Crippen LogP contribution in [0.3, 0.4) is 0 Å². The maximum Gasteiger partial charge on any atom is 0.142 e. The van der Waals surface area contributed by atoms with Gasteiger partial charge in [0.05, 0.1) is 17.7 Å². The number of nitriles is 1. The standard InChI is InChI=1S/C12H12Cl2N2O/c13-8-6-9-11(16-4-1-3-15)2-5-17-12(9)10(14)7-8/h6-7,11,16H,1-2,4-5H2. The predicted molar refractivity (Wildman–Crippen MR) is 67.5 cm³/mol. The van der Waals surface area contributed by atoms with Gasteiger partial charge in [-0.1, -0.05) is 23.2 Å². The highest BCUT2D eigenvalue weighted by Crippen LogP contribution is 2.39. The zero-order valence-electron chi connectivity index (χ0n) is 9.17. The van der Waals surface area contributed by atoms with Crippen LogP contribution in [0, 0.1) is 11.3 Å². The molecule has 0 bridgehead atoms. The first-order valence-corrected chi connectivity index (χ1v) is 6.20. The minimum atomic E-state index is 0.156. The first-order valence-electron chi connectivity index (χ1n) is 5.44. The predicted octanol–water partition coefficient (Wildman–Crippen LogP) is 3.32. The molecule has 0 saturated heterocycles. The fourth-order valence-corrected chi connectivity index (χ4v) is 2.50. The Balaban J connectivity index is 2.22. The molecule has 0 fully saturated rings. The van der Waals surface area contributed by atoms with Crippen molar-refractivity contribution in [3.63, 3.8) is 0 Å². The van der Waals surface area contributed by atoms with Gasteiger partial charge >= 0.3 is 0 Å². The number of hydrogen-bond acceptors (Lipinski definition) is 3. The van der Waals surface area contributed by atoms with Crippen molar-refractivity contribution < 1.29 is 4.74 Å². The van der Waals surface area contributed by atoms with Gasteiger partial charge in [0.25, 0.3) is 0 Å². The molecule has 1 heterocycles. The number of ether oxygens (including phenoxy) is 1. The number of hydrogen-bond donors (Lipinski definition) is 1. The van der Waals surface area contributed by atoms with Crippen molar-refractivity contribution in [2.75, 3.05) is 13.2 Å². The highest BCUT2D eigenvalue weighted by molar-refractivity contribution is 6.35. The van der Waals surface area contributed by atoms with Crippen LogP contribution >= 0.6 is 23.2 Å². The van der Waals surface area contributed by atoms with Crippen LogP contribution in [0.5, 0.6) is 5.75 Å². The van der Waals surface area contributed by atoms with Gasteiger partial charge in [0, 0.05) is 36.0 Å². The van der Waals surface area contributed by atoms with Crippen molar-refractivity contribution in [2.24, 2.45) is 0 Å². The minimum Gasteiger partial charge on any atom is -0.492 e. The summed E-state index contributed by atoms with van der Waals surface area (Å²) < 4.78 is 5.55. The molecule has 17 heavy (non-hydrogen) atoms. The summed E-state index contributed by atoms with van der Waals surface area (Å²) in [5, 5.41) is 13.0. The summed E-state index contributed by atoms with van der Waals surface area (Å²) in [6, 6.07) is 5.81. The van der Waals surface area contributed by atoms with Crippen molar-refractivity contribution in [3.05, 3.63) is 27.7 Å². The molecule has 0 spiro atoms. The number of benzene rings is 1. The van der Waals surface area contributed by atoms with Gasteiger partial charge in [-0.2, -0.15) is 5.26 Å². The molecule has 0 aromatic heterocycles. The summed E-state index contributed by atoms with van der Waals surface area (Å²) in [6.07, 6.45) is 1.34. The second-order valence-electron chi connectivity index (χ2n) is 3.86. The maximum atomic E-state index is 8.52. The summed E-state index contributed by atoms with van der Waals surface area (Å²) in [6.45, 7) is 1.28. The number of halogens is 2. The zero-order chi connectivity index (χ0) is 12.3. The monoisotopic (exact) mass is 270 g/mol. The van der Waals surface area contributed by atoms with Crippen LogP contribution in [0.1, 0.15) is 24.4 Å². The van der Waals surface area contributed by atoms with Gasteiger partial charge in [0.1, 0.15) is 5.75 Å². The quantitative estimate of drug-likeness (QED) is 0.858. The van der Waals surface area contributed by atoms with Crippen LogP contribution in [0.15, 0.2) is 12.1 Å². The molecule has 1 aromatic rings. The molecular formula is C12H12Cl2N2O. The van der Waals surface area contributed by atoms with E-state index in [2.05, 4.69) is 11.4 Å². The van der Waals surface area contributed by atoms with Crippen molar-refractivity contribution in [2.45, 2.75) is 18.9 Å². The highest BCUT2D eigenvalue weighted by Gasteiger charge is 2.23. The van der Waals surface area contributed by atoms with Crippen LogP contribution in [-0.2, 0) is 0 Å². The Hall–Kier alpha value is -0.950. The molecule has 0 amide bonds. The molecule has 0 radical (unpaired) electrons. The third-order valence-corrected chi connectivity index (χ3v) is 3.19. The molecule has 0 saturated carbocycles. The molecule has 1 unspecified atom stereocenters. The second-order valence-corrected chi connectivity index (χ2v) is 4.70. The van der Waals surface area contributed by atoms with Crippen molar-refractivity contribution in [1.29, 1.82) is 5.26 Å². The first-order chi connectivity index (χ1) is 8.22. The van der Waals surface area contributed by atoms with E-state index in [4.69, 9.17) is 33.2 Å². The molecule has 3 nitrogen and oxygen atoms in total. The molecule has 2 rings (SSSR count). The van der Waals surface area contributed by atoms with Crippen LogP contribution < -0.4 is 10.1 Å². The van der Waals surface area contributed by atoms with E-state index < -0.39 is 0 Å². The molecule has 5 heteroatoms. The minimum absolute atomic E-state index is 0.156. The molecule has 1 aliphatic heterocycles. The van der Waals surface area contributed by atoms with Gasteiger partial charge in [0.2, 0.25) is 0 Å². The van der Waals surface area contributed by atoms with Crippen LogP contribution in [0.4, 0.5) is 0 Å². The van der Waals surface area contributed by atoms with Gasteiger partial charge in [-0.25, -0.2) is 0 Å². The highest BCUT2D eigenvalue weighted by atomic mass is 35.5. The van der Waals surface area contributed by atoms with E-state index in [-0.39, 0.29) is 6.04 Å². The van der Waals surface area contributed by atoms with Crippen LogP contribution in [-0.4, -0.2) is 13.2 Å². The summed E-state index contributed by atoms with van der Waals surface area (Å²) in [7, 11) is 0. The van der Waals surface area contributed by atoms with E-state index in [0.29, 0.717) is 35.4 Å². The Morgan fingerprint density at radius 2 is 2.29 bits per heavy atom. The lowest BCUT2D eigenvalue weighted by atomic mass is 10.0. The molecule has 1 atom stereocenters. The fourth-order valence-electron chi connectivity index (χ4n) is 1.94. The lowest BCUT2D eigenvalue weighted by Gasteiger charge is -2.27. The van der Waals surface area contributed by atoms with E-state index in [1.54, 1.807) is 6.07 Å². The van der Waals surface area contributed by atoms with Crippen molar-refractivity contribution in [1.82, 2.24) is 5.32 Å². The number of nitrogens with zero attached hydrogens (tertiary/aromatic N) is 1. The SMILES string of the molecule is N#CCCNC1CCOc2c(Cl)cc(Cl)cc21. The molecule has 1 aromatic carbocycles. The van der Waals surface area contributed by atoms with E-state index >= 15 is 0 Å². The summed E-state index contributed by atoms with van der Waals surface area (Å²) in [5.41, 5.74) is 0.978. The van der Waals surface area contributed by atoms with E-state index in [0.717, 1.165) is 12.0 Å². The molecular weight excluding hydrogens is 259 g/mol. The zero-order valence-corrected chi connectivity index (χ0v) is 10.7. The average Bonchev–Trinajstić information content (AvgIpc) is 2.30. The normalized spacial score (nSPS) is 18.1. The van der Waals surface area contributed by atoms with Gasteiger partial charge in [-0.05, 0) is 12.1 Å². The average molecular weight is 271 g/mol. The molecule has 0 aliphatic carbocycles. The van der Waals surface area contributed by atoms with Gasteiger partial charge in [-0.15, -0.1) is 0 Å². The second kappa shape index (κ2) is 5.59. The summed E-state index contributed by atoms with van der Waals surface area (Å²) in [4.78, 5) is 0. The van der Waals surface area contributed by atoms with E-state index in [1.165, 1.54) is 0 Å². The molecule has 1 N–H and O–H groups in total. The Kier molecular flexibility index (Phi) is 4.11. The van der Waals surface area contributed by atoms with Crippen LogP contribution in [0.2, 0.25) is 10.0 Å². The summed E-state index contributed by atoms with van der Waals surface area (Å²) in [5.74, 6) is 0.705. The number of nitrogens with one attached hydrogen (secondary N) is 1. The molecule has 1 aliphatic rings. The third kappa shape index (κ3) is 2.84. The Morgan fingerprint density at radius 1 is 1.47 bits per heavy atom. The summed E-state index contributed by atoms with van der Waals surface area (Å²) >= 11 is 12.1. The maximum absolute atomic E-state index is 8.52.